The lowest BCUT2D eigenvalue weighted by Crippen LogP contribution is -2.24. The SMILES string of the molecule is NC(=O)COCC(N)c1cc(F)c(F)cc1F. The van der Waals surface area contributed by atoms with Crippen LogP contribution in [0.4, 0.5) is 13.2 Å². The van der Waals surface area contributed by atoms with Crippen molar-refractivity contribution in [1.82, 2.24) is 0 Å². The first-order chi connectivity index (χ1) is 7.91. The van der Waals surface area contributed by atoms with E-state index in [1.54, 1.807) is 0 Å². The molecule has 0 radical (unpaired) electrons. The lowest BCUT2D eigenvalue weighted by atomic mass is 10.1. The number of benzene rings is 1. The van der Waals surface area contributed by atoms with E-state index in [-0.39, 0.29) is 18.8 Å². The summed E-state index contributed by atoms with van der Waals surface area (Å²) in [4.78, 5) is 10.4. The Bertz CT molecular complexity index is 426. The predicted molar refractivity (Wildman–Crippen MR) is 53.3 cm³/mol. The Morgan fingerprint density at radius 3 is 2.41 bits per heavy atom. The van der Waals surface area contributed by atoms with Crippen molar-refractivity contribution >= 4 is 5.91 Å². The minimum atomic E-state index is -1.29. The summed E-state index contributed by atoms with van der Waals surface area (Å²) in [7, 11) is 0. The number of nitrogens with two attached hydrogens (primary N) is 2. The number of hydrogen-bond donors (Lipinski definition) is 2. The summed E-state index contributed by atoms with van der Waals surface area (Å²) in [6.07, 6.45) is 0. The van der Waals surface area contributed by atoms with Crippen molar-refractivity contribution in [3.63, 3.8) is 0 Å². The molecule has 1 unspecified atom stereocenters. The van der Waals surface area contributed by atoms with Gasteiger partial charge in [0.25, 0.3) is 0 Å². The molecule has 1 rings (SSSR count). The number of rotatable bonds is 5. The summed E-state index contributed by atoms with van der Waals surface area (Å²) in [5, 5.41) is 0. The van der Waals surface area contributed by atoms with Crippen LogP contribution in [0.1, 0.15) is 11.6 Å². The van der Waals surface area contributed by atoms with Gasteiger partial charge >= 0.3 is 0 Å². The maximum atomic E-state index is 13.2. The lowest BCUT2D eigenvalue weighted by Gasteiger charge is -2.13. The lowest BCUT2D eigenvalue weighted by molar-refractivity contribution is -0.122. The Hall–Kier alpha value is -1.60. The zero-order chi connectivity index (χ0) is 13.0. The summed E-state index contributed by atoms with van der Waals surface area (Å²) >= 11 is 0. The molecule has 94 valence electrons. The Kier molecular flexibility index (Phi) is 4.47. The fourth-order valence-electron chi connectivity index (χ4n) is 1.20. The maximum Gasteiger partial charge on any atom is 0.243 e. The third-order valence-corrected chi connectivity index (χ3v) is 1.98. The molecule has 7 heteroatoms. The van der Waals surface area contributed by atoms with Crippen LogP contribution in [-0.2, 0) is 9.53 Å². The van der Waals surface area contributed by atoms with Gasteiger partial charge in [-0.05, 0) is 6.07 Å². The molecule has 0 fully saturated rings. The van der Waals surface area contributed by atoms with E-state index >= 15 is 0 Å². The quantitative estimate of drug-likeness (QED) is 0.749. The van der Waals surface area contributed by atoms with Crippen LogP contribution in [0.5, 0.6) is 0 Å². The minimum absolute atomic E-state index is 0.228. The van der Waals surface area contributed by atoms with E-state index < -0.39 is 29.4 Å². The predicted octanol–water partition coefficient (Wildman–Crippen LogP) is 0.606. The molecule has 4 N–H and O–H groups in total. The number of hydrogen-bond acceptors (Lipinski definition) is 3. The molecule has 0 heterocycles. The number of ether oxygens (including phenoxy) is 1. The highest BCUT2D eigenvalue weighted by molar-refractivity contribution is 5.74. The summed E-state index contributed by atoms with van der Waals surface area (Å²) in [6, 6.07) is 0.0473. The first kappa shape index (κ1) is 13.5. The molecule has 1 aromatic carbocycles. The van der Waals surface area contributed by atoms with E-state index in [4.69, 9.17) is 16.2 Å². The van der Waals surface area contributed by atoms with Crippen molar-refractivity contribution in [2.75, 3.05) is 13.2 Å². The monoisotopic (exact) mass is 248 g/mol. The zero-order valence-electron chi connectivity index (χ0n) is 8.75. The fourth-order valence-corrected chi connectivity index (χ4v) is 1.20. The summed E-state index contributed by atoms with van der Waals surface area (Å²) in [5.74, 6) is -4.18. The van der Waals surface area contributed by atoms with Gasteiger partial charge in [-0.25, -0.2) is 13.2 Å². The highest BCUT2D eigenvalue weighted by atomic mass is 19.2. The van der Waals surface area contributed by atoms with Crippen molar-refractivity contribution in [2.45, 2.75) is 6.04 Å². The average molecular weight is 248 g/mol. The molecule has 0 aliphatic carbocycles. The number of halogens is 3. The summed E-state index contributed by atoms with van der Waals surface area (Å²) in [5.41, 5.74) is 10.1. The molecule has 0 saturated heterocycles. The van der Waals surface area contributed by atoms with Gasteiger partial charge in [-0.15, -0.1) is 0 Å². The van der Waals surface area contributed by atoms with E-state index in [0.717, 1.165) is 0 Å². The van der Waals surface area contributed by atoms with Crippen LogP contribution in [0.15, 0.2) is 12.1 Å². The second-order valence-electron chi connectivity index (χ2n) is 3.38. The molecular formula is C10H11F3N2O2. The van der Waals surface area contributed by atoms with Crippen molar-refractivity contribution in [1.29, 1.82) is 0 Å². The number of carbonyl (C=O) groups is 1. The smallest absolute Gasteiger partial charge is 0.243 e. The average Bonchev–Trinajstić information content (AvgIpc) is 2.22. The van der Waals surface area contributed by atoms with Gasteiger partial charge in [0, 0.05) is 11.6 Å². The molecule has 1 amide bonds. The van der Waals surface area contributed by atoms with Crippen LogP contribution in [0.3, 0.4) is 0 Å². The third kappa shape index (κ3) is 3.72. The van der Waals surface area contributed by atoms with E-state index in [1.165, 1.54) is 0 Å². The first-order valence-corrected chi connectivity index (χ1v) is 4.68. The van der Waals surface area contributed by atoms with Crippen molar-refractivity contribution < 1.29 is 22.7 Å². The van der Waals surface area contributed by atoms with Crippen LogP contribution in [0.25, 0.3) is 0 Å². The fraction of sp³-hybridized carbons (Fsp3) is 0.300. The summed E-state index contributed by atoms with van der Waals surface area (Å²) in [6.45, 7) is -0.607. The van der Waals surface area contributed by atoms with Gasteiger partial charge < -0.3 is 16.2 Å². The van der Waals surface area contributed by atoms with Gasteiger partial charge in [-0.2, -0.15) is 0 Å². The van der Waals surface area contributed by atoms with Gasteiger partial charge in [0.1, 0.15) is 12.4 Å². The van der Waals surface area contributed by atoms with E-state index in [9.17, 15) is 18.0 Å². The number of amides is 1. The topological polar surface area (TPSA) is 78.3 Å². The molecule has 1 aromatic rings. The Morgan fingerprint density at radius 2 is 1.82 bits per heavy atom. The van der Waals surface area contributed by atoms with Gasteiger partial charge in [0.05, 0.1) is 12.6 Å². The van der Waals surface area contributed by atoms with Crippen LogP contribution in [0.2, 0.25) is 0 Å². The van der Waals surface area contributed by atoms with E-state index in [1.807, 2.05) is 0 Å². The standard InChI is InChI=1S/C10H11F3N2O2/c11-6-2-8(13)7(12)1-5(6)9(14)3-17-4-10(15)16/h1-2,9H,3-4,14H2,(H2,15,16). The molecule has 0 aliphatic heterocycles. The van der Waals surface area contributed by atoms with Crippen molar-refractivity contribution in [2.24, 2.45) is 11.5 Å². The minimum Gasteiger partial charge on any atom is -0.370 e. The molecule has 0 aromatic heterocycles. The van der Waals surface area contributed by atoms with E-state index in [2.05, 4.69) is 0 Å². The van der Waals surface area contributed by atoms with Gasteiger partial charge in [-0.3, -0.25) is 4.79 Å². The van der Waals surface area contributed by atoms with Gasteiger partial charge in [-0.1, -0.05) is 0 Å². The number of primary amides is 1. The van der Waals surface area contributed by atoms with Crippen LogP contribution in [-0.4, -0.2) is 19.1 Å². The highest BCUT2D eigenvalue weighted by Gasteiger charge is 2.16. The largest absolute Gasteiger partial charge is 0.370 e. The molecule has 0 spiro atoms. The third-order valence-electron chi connectivity index (χ3n) is 1.98. The van der Waals surface area contributed by atoms with Gasteiger partial charge in [0.2, 0.25) is 5.91 Å². The zero-order valence-corrected chi connectivity index (χ0v) is 8.75. The highest BCUT2D eigenvalue weighted by Crippen LogP contribution is 2.19. The number of carbonyl (C=O) groups excluding carboxylic acids is 1. The Balaban J connectivity index is 2.71. The van der Waals surface area contributed by atoms with Crippen LogP contribution >= 0.6 is 0 Å². The molecule has 0 aliphatic rings. The van der Waals surface area contributed by atoms with Crippen LogP contribution in [0, 0.1) is 17.5 Å². The van der Waals surface area contributed by atoms with E-state index in [0.29, 0.717) is 12.1 Å². The molecule has 0 bridgehead atoms. The Labute approximate surface area is 95.3 Å². The molecule has 0 saturated carbocycles. The molecule has 4 nitrogen and oxygen atoms in total. The van der Waals surface area contributed by atoms with Crippen molar-refractivity contribution in [3.8, 4) is 0 Å². The maximum absolute atomic E-state index is 13.2. The van der Waals surface area contributed by atoms with Gasteiger partial charge in [0.15, 0.2) is 11.6 Å². The second-order valence-corrected chi connectivity index (χ2v) is 3.38. The first-order valence-electron chi connectivity index (χ1n) is 4.68. The molecule has 17 heavy (non-hydrogen) atoms. The normalized spacial score (nSPS) is 12.5. The van der Waals surface area contributed by atoms with Crippen LogP contribution < -0.4 is 11.5 Å². The second kappa shape index (κ2) is 5.65. The summed E-state index contributed by atoms with van der Waals surface area (Å²) < 4.78 is 43.5. The molecular weight excluding hydrogens is 237 g/mol. The Morgan fingerprint density at radius 1 is 1.24 bits per heavy atom. The van der Waals surface area contributed by atoms with Crippen molar-refractivity contribution in [3.05, 3.63) is 35.1 Å². The molecule has 1 atom stereocenters.